The number of nitrogens with zero attached hydrogens (tertiary/aromatic N) is 1. The van der Waals surface area contributed by atoms with E-state index in [2.05, 4.69) is 16.3 Å². The van der Waals surface area contributed by atoms with Crippen LogP contribution in [0.1, 0.15) is 28.1 Å². The van der Waals surface area contributed by atoms with Crippen LogP contribution in [0, 0.1) is 0 Å². The summed E-state index contributed by atoms with van der Waals surface area (Å²) in [7, 11) is 1.59. The van der Waals surface area contributed by atoms with E-state index in [1.165, 1.54) is 4.88 Å². The minimum absolute atomic E-state index is 0.127. The number of amides is 1. The number of likely N-dealkylation sites (tertiary alicyclic amines) is 1. The van der Waals surface area contributed by atoms with Crippen molar-refractivity contribution in [1.82, 2.24) is 10.2 Å². The lowest BCUT2D eigenvalue weighted by Gasteiger charge is -2.32. The molecule has 3 rings (SSSR count). The number of methoxy groups -OCH3 is 1. The normalized spacial score (nSPS) is 15.5. The number of carbonyl (C=O) groups is 1. The Morgan fingerprint density at radius 1 is 1.25 bits per heavy atom. The van der Waals surface area contributed by atoms with Crippen LogP contribution < -0.4 is 10.1 Å². The largest absolute Gasteiger partial charge is 0.489 e. The fourth-order valence-corrected chi connectivity index (χ4v) is 4.48. The monoisotopic (exact) mass is 442 g/mol. The van der Waals surface area contributed by atoms with Gasteiger partial charge in [0.05, 0.1) is 16.0 Å². The van der Waals surface area contributed by atoms with Gasteiger partial charge in [-0.05, 0) is 43.2 Å². The summed E-state index contributed by atoms with van der Waals surface area (Å²) in [6, 6.07) is 9.19. The first-order valence-electron chi connectivity index (χ1n) is 9.25. The second-order valence-electron chi connectivity index (χ2n) is 6.69. The van der Waals surface area contributed by atoms with Gasteiger partial charge in [0, 0.05) is 43.7 Å². The van der Waals surface area contributed by atoms with Crippen molar-refractivity contribution in [2.75, 3.05) is 33.4 Å². The molecule has 0 unspecified atom stereocenters. The molecule has 152 valence electrons. The molecule has 0 aliphatic carbocycles. The molecular formula is C20H24Cl2N2O3S. The van der Waals surface area contributed by atoms with Gasteiger partial charge in [-0.2, -0.15) is 0 Å². The minimum atomic E-state index is -0.174. The zero-order chi connectivity index (χ0) is 19.9. The van der Waals surface area contributed by atoms with E-state index in [1.54, 1.807) is 36.6 Å². The lowest BCUT2D eigenvalue weighted by Crippen LogP contribution is -2.37. The molecule has 8 heteroatoms. The first-order chi connectivity index (χ1) is 13.5. The average Bonchev–Trinajstić information content (AvgIpc) is 3.09. The van der Waals surface area contributed by atoms with E-state index in [0.29, 0.717) is 29.5 Å². The predicted molar refractivity (Wildman–Crippen MR) is 114 cm³/mol. The van der Waals surface area contributed by atoms with Crippen molar-refractivity contribution in [3.05, 3.63) is 50.1 Å². The molecule has 1 aromatic carbocycles. The van der Waals surface area contributed by atoms with Crippen LogP contribution in [0.25, 0.3) is 0 Å². The summed E-state index contributed by atoms with van der Waals surface area (Å²) in [5.74, 6) is 0.450. The standard InChI is InChI=1S/C20H24Cl2N2O3S/c1-26-11-8-23-20(25)14-2-4-18(17(21)12-14)27-15-6-9-24(10-7-15)13-16-3-5-19(22)28-16/h2-5,12,15H,6-11,13H2,1H3,(H,23,25). The Morgan fingerprint density at radius 3 is 2.68 bits per heavy atom. The Kier molecular flexibility index (Phi) is 8.00. The van der Waals surface area contributed by atoms with Gasteiger partial charge in [0.1, 0.15) is 11.9 Å². The Morgan fingerprint density at radius 2 is 2.04 bits per heavy atom. The maximum atomic E-state index is 12.1. The van der Waals surface area contributed by atoms with Crippen molar-refractivity contribution in [2.24, 2.45) is 0 Å². The molecule has 2 heterocycles. The lowest BCUT2D eigenvalue weighted by atomic mass is 10.1. The van der Waals surface area contributed by atoms with Gasteiger partial charge < -0.3 is 14.8 Å². The molecular weight excluding hydrogens is 419 g/mol. The molecule has 5 nitrogen and oxygen atoms in total. The number of rotatable bonds is 8. The molecule has 28 heavy (non-hydrogen) atoms. The fraction of sp³-hybridized carbons (Fsp3) is 0.450. The molecule has 0 spiro atoms. The molecule has 1 aliphatic rings. The van der Waals surface area contributed by atoms with E-state index < -0.39 is 0 Å². The third-order valence-corrected chi connectivity index (χ3v) is 6.13. The minimum Gasteiger partial charge on any atom is -0.489 e. The van der Waals surface area contributed by atoms with E-state index in [9.17, 15) is 4.79 Å². The number of halogens is 2. The van der Waals surface area contributed by atoms with Crippen molar-refractivity contribution in [3.63, 3.8) is 0 Å². The van der Waals surface area contributed by atoms with E-state index in [1.807, 2.05) is 6.07 Å². The molecule has 1 amide bonds. The van der Waals surface area contributed by atoms with Crippen molar-refractivity contribution < 1.29 is 14.3 Å². The van der Waals surface area contributed by atoms with E-state index in [-0.39, 0.29) is 12.0 Å². The molecule has 1 N–H and O–H groups in total. The van der Waals surface area contributed by atoms with Crippen molar-refractivity contribution in [3.8, 4) is 5.75 Å². The van der Waals surface area contributed by atoms with Crippen LogP contribution in [0.2, 0.25) is 9.36 Å². The summed E-state index contributed by atoms with van der Waals surface area (Å²) in [6.45, 7) is 3.80. The zero-order valence-electron chi connectivity index (χ0n) is 15.7. The van der Waals surface area contributed by atoms with Gasteiger partial charge in [-0.1, -0.05) is 23.2 Å². The number of hydrogen-bond donors (Lipinski definition) is 1. The van der Waals surface area contributed by atoms with E-state index in [0.717, 1.165) is 36.8 Å². The summed E-state index contributed by atoms with van der Waals surface area (Å²) >= 11 is 14.0. The summed E-state index contributed by atoms with van der Waals surface area (Å²) in [6.07, 6.45) is 2.01. The van der Waals surface area contributed by atoms with Crippen LogP contribution in [0.3, 0.4) is 0 Å². The third-order valence-electron chi connectivity index (χ3n) is 4.62. The van der Waals surface area contributed by atoms with Gasteiger partial charge in [-0.25, -0.2) is 0 Å². The number of thiophene rings is 1. The topological polar surface area (TPSA) is 50.8 Å². The first kappa shape index (κ1) is 21.4. The Labute approximate surface area is 179 Å². The predicted octanol–water partition coefficient (Wildman–Crippen LogP) is 4.47. The number of nitrogens with one attached hydrogen (secondary N) is 1. The van der Waals surface area contributed by atoms with E-state index in [4.69, 9.17) is 32.7 Å². The maximum Gasteiger partial charge on any atom is 0.251 e. The highest BCUT2D eigenvalue weighted by molar-refractivity contribution is 7.16. The second-order valence-corrected chi connectivity index (χ2v) is 8.90. The van der Waals surface area contributed by atoms with Crippen molar-refractivity contribution in [1.29, 1.82) is 0 Å². The fourth-order valence-electron chi connectivity index (χ4n) is 3.13. The lowest BCUT2D eigenvalue weighted by molar-refractivity contribution is 0.0935. The highest BCUT2D eigenvalue weighted by Gasteiger charge is 2.22. The van der Waals surface area contributed by atoms with Crippen LogP contribution in [-0.2, 0) is 11.3 Å². The maximum absolute atomic E-state index is 12.1. The van der Waals surface area contributed by atoms with Gasteiger partial charge in [0.15, 0.2) is 0 Å². The highest BCUT2D eigenvalue weighted by atomic mass is 35.5. The molecule has 1 aliphatic heterocycles. The third kappa shape index (κ3) is 6.09. The van der Waals surface area contributed by atoms with Crippen molar-refractivity contribution in [2.45, 2.75) is 25.5 Å². The first-order valence-corrected chi connectivity index (χ1v) is 10.8. The Bertz CT molecular complexity index is 792. The second kappa shape index (κ2) is 10.5. The quantitative estimate of drug-likeness (QED) is 0.612. The highest BCUT2D eigenvalue weighted by Crippen LogP contribution is 2.29. The number of hydrogen-bond acceptors (Lipinski definition) is 5. The van der Waals surface area contributed by atoms with Gasteiger partial charge >= 0.3 is 0 Å². The van der Waals surface area contributed by atoms with Gasteiger partial charge in [0.25, 0.3) is 5.91 Å². The van der Waals surface area contributed by atoms with Crippen LogP contribution in [0.15, 0.2) is 30.3 Å². The average molecular weight is 443 g/mol. The number of piperidine rings is 1. The SMILES string of the molecule is COCCNC(=O)c1ccc(OC2CCN(Cc3ccc(Cl)s3)CC2)c(Cl)c1. The smallest absolute Gasteiger partial charge is 0.251 e. The van der Waals surface area contributed by atoms with Crippen molar-refractivity contribution >= 4 is 40.4 Å². The molecule has 2 aromatic rings. The Balaban J connectivity index is 1.48. The molecule has 0 atom stereocenters. The number of ether oxygens (including phenoxy) is 2. The van der Waals surface area contributed by atoms with Gasteiger partial charge in [0.2, 0.25) is 0 Å². The summed E-state index contributed by atoms with van der Waals surface area (Å²) in [4.78, 5) is 15.8. The zero-order valence-corrected chi connectivity index (χ0v) is 18.1. The summed E-state index contributed by atoms with van der Waals surface area (Å²) in [5.41, 5.74) is 0.512. The van der Waals surface area contributed by atoms with Gasteiger partial charge in [-0.15, -0.1) is 11.3 Å². The summed E-state index contributed by atoms with van der Waals surface area (Å²) in [5, 5.41) is 3.23. The number of carbonyl (C=O) groups excluding carboxylic acids is 1. The molecule has 0 saturated carbocycles. The molecule has 1 saturated heterocycles. The van der Waals surface area contributed by atoms with Crippen LogP contribution in [0.4, 0.5) is 0 Å². The van der Waals surface area contributed by atoms with Gasteiger partial charge in [-0.3, -0.25) is 9.69 Å². The summed E-state index contributed by atoms with van der Waals surface area (Å²) < 4.78 is 11.9. The number of benzene rings is 1. The Hall–Kier alpha value is -1.31. The van der Waals surface area contributed by atoms with Crippen LogP contribution in [-0.4, -0.2) is 50.3 Å². The molecule has 1 fully saturated rings. The van der Waals surface area contributed by atoms with Crippen LogP contribution in [0.5, 0.6) is 5.75 Å². The molecule has 1 aromatic heterocycles. The van der Waals surface area contributed by atoms with E-state index >= 15 is 0 Å². The molecule has 0 bridgehead atoms. The molecule has 0 radical (unpaired) electrons. The van der Waals surface area contributed by atoms with Crippen LogP contribution >= 0.6 is 34.5 Å².